The van der Waals surface area contributed by atoms with Gasteiger partial charge in [0.2, 0.25) is 0 Å². The standard InChI is InChI=1S/C20H20N2O2S/c1-12(13(2)23)22-11-21-19-18(20(22)24)17(10-25-19)16-8-7-14-5-3-4-6-15(14)9-16/h7-12H,3-6H2,1-2H3. The summed E-state index contributed by atoms with van der Waals surface area (Å²) in [5.74, 6) is -0.0474. The Kier molecular flexibility index (Phi) is 4.04. The van der Waals surface area contributed by atoms with E-state index in [2.05, 4.69) is 23.2 Å². The summed E-state index contributed by atoms with van der Waals surface area (Å²) >= 11 is 1.48. The van der Waals surface area contributed by atoms with E-state index < -0.39 is 6.04 Å². The van der Waals surface area contributed by atoms with Crippen molar-refractivity contribution in [2.45, 2.75) is 45.6 Å². The van der Waals surface area contributed by atoms with Gasteiger partial charge in [-0.1, -0.05) is 18.2 Å². The average Bonchev–Trinajstić information content (AvgIpc) is 3.06. The lowest BCUT2D eigenvalue weighted by atomic mass is 9.89. The zero-order chi connectivity index (χ0) is 17.6. The third-order valence-corrected chi connectivity index (χ3v) is 6.07. The Labute approximate surface area is 150 Å². The first-order chi connectivity index (χ1) is 12.1. The molecule has 0 N–H and O–H groups in total. The number of thiophene rings is 1. The van der Waals surface area contributed by atoms with Crippen molar-refractivity contribution >= 4 is 27.3 Å². The summed E-state index contributed by atoms with van der Waals surface area (Å²) in [6.45, 7) is 3.24. The lowest BCUT2D eigenvalue weighted by Crippen LogP contribution is -2.27. The van der Waals surface area contributed by atoms with Crippen LogP contribution in [0.3, 0.4) is 0 Å². The molecule has 4 nitrogen and oxygen atoms in total. The predicted octanol–water partition coefficient (Wildman–Crippen LogP) is 4.15. The summed E-state index contributed by atoms with van der Waals surface area (Å²) in [5.41, 5.74) is 4.68. The van der Waals surface area contributed by atoms with E-state index in [4.69, 9.17) is 0 Å². The van der Waals surface area contributed by atoms with Crippen LogP contribution in [0.2, 0.25) is 0 Å². The molecule has 0 fully saturated rings. The Morgan fingerprint density at radius 3 is 2.76 bits per heavy atom. The molecule has 1 aliphatic rings. The van der Waals surface area contributed by atoms with Crippen molar-refractivity contribution in [2.24, 2.45) is 0 Å². The Balaban J connectivity index is 1.90. The number of hydrogen-bond donors (Lipinski definition) is 0. The second kappa shape index (κ2) is 6.23. The Bertz CT molecular complexity index is 1030. The van der Waals surface area contributed by atoms with Gasteiger partial charge in [0.15, 0.2) is 5.78 Å². The molecule has 0 spiro atoms. The quantitative estimate of drug-likeness (QED) is 0.711. The number of aryl methyl sites for hydroxylation is 2. The van der Waals surface area contributed by atoms with Crippen LogP contribution >= 0.6 is 11.3 Å². The van der Waals surface area contributed by atoms with Gasteiger partial charge in [-0.2, -0.15) is 0 Å². The number of hydrogen-bond acceptors (Lipinski definition) is 4. The summed E-state index contributed by atoms with van der Waals surface area (Å²) in [5, 5.41) is 2.63. The molecule has 1 aromatic carbocycles. The lowest BCUT2D eigenvalue weighted by molar-refractivity contribution is -0.119. The van der Waals surface area contributed by atoms with Gasteiger partial charge >= 0.3 is 0 Å². The highest BCUT2D eigenvalue weighted by atomic mass is 32.1. The number of nitrogens with zero attached hydrogens (tertiary/aromatic N) is 2. The highest BCUT2D eigenvalue weighted by Gasteiger charge is 2.19. The maximum Gasteiger partial charge on any atom is 0.263 e. The van der Waals surface area contributed by atoms with E-state index in [1.165, 1.54) is 53.1 Å². The highest BCUT2D eigenvalue weighted by Crippen LogP contribution is 2.33. The van der Waals surface area contributed by atoms with Crippen molar-refractivity contribution in [3.05, 3.63) is 51.4 Å². The number of fused-ring (bicyclic) bond motifs is 2. The minimum absolute atomic E-state index is 0.0474. The smallest absolute Gasteiger partial charge is 0.263 e. The zero-order valence-electron chi connectivity index (χ0n) is 14.4. The van der Waals surface area contributed by atoms with Crippen LogP contribution in [0.25, 0.3) is 21.3 Å². The first kappa shape index (κ1) is 16.2. The molecule has 25 heavy (non-hydrogen) atoms. The lowest BCUT2D eigenvalue weighted by Gasteiger charge is -2.16. The number of rotatable bonds is 3. The fourth-order valence-electron chi connectivity index (χ4n) is 3.53. The van der Waals surface area contributed by atoms with Crippen LogP contribution in [0.4, 0.5) is 0 Å². The molecule has 4 rings (SSSR count). The fourth-order valence-corrected chi connectivity index (χ4v) is 4.44. The molecular formula is C20H20N2O2S. The second-order valence-corrected chi connectivity index (χ2v) is 7.62. The number of carbonyl (C=O) groups is 1. The maximum absolute atomic E-state index is 13.0. The van der Waals surface area contributed by atoms with Crippen molar-refractivity contribution in [1.82, 2.24) is 9.55 Å². The first-order valence-corrected chi connectivity index (χ1v) is 9.55. The van der Waals surface area contributed by atoms with E-state index in [0.717, 1.165) is 28.8 Å². The average molecular weight is 352 g/mol. The SMILES string of the molecule is CC(=O)C(C)n1cnc2scc(-c3ccc4c(c3)CCCC4)c2c1=O. The third-order valence-electron chi connectivity index (χ3n) is 5.18. The molecule has 1 aliphatic carbocycles. The number of aromatic nitrogens is 2. The molecule has 1 unspecified atom stereocenters. The monoisotopic (exact) mass is 352 g/mol. The zero-order valence-corrected chi connectivity index (χ0v) is 15.2. The molecule has 2 heterocycles. The highest BCUT2D eigenvalue weighted by molar-refractivity contribution is 7.17. The van der Waals surface area contributed by atoms with Gasteiger partial charge in [0, 0.05) is 10.9 Å². The van der Waals surface area contributed by atoms with Gasteiger partial charge in [0.05, 0.1) is 17.8 Å². The molecule has 0 aliphatic heterocycles. The van der Waals surface area contributed by atoms with Crippen molar-refractivity contribution in [1.29, 1.82) is 0 Å². The Morgan fingerprint density at radius 2 is 2.00 bits per heavy atom. The Morgan fingerprint density at radius 1 is 1.24 bits per heavy atom. The van der Waals surface area contributed by atoms with E-state index in [9.17, 15) is 9.59 Å². The van der Waals surface area contributed by atoms with Crippen molar-refractivity contribution in [3.63, 3.8) is 0 Å². The van der Waals surface area contributed by atoms with Gasteiger partial charge in [0.1, 0.15) is 4.83 Å². The van der Waals surface area contributed by atoms with Gasteiger partial charge in [-0.3, -0.25) is 14.2 Å². The topological polar surface area (TPSA) is 52.0 Å². The molecule has 5 heteroatoms. The molecule has 128 valence electrons. The van der Waals surface area contributed by atoms with Gasteiger partial charge in [0.25, 0.3) is 5.56 Å². The molecule has 0 saturated heterocycles. The van der Waals surface area contributed by atoms with Gasteiger partial charge in [-0.15, -0.1) is 11.3 Å². The van der Waals surface area contributed by atoms with Crippen LogP contribution < -0.4 is 5.56 Å². The molecule has 0 saturated carbocycles. The summed E-state index contributed by atoms with van der Waals surface area (Å²) in [4.78, 5) is 29.8. The van der Waals surface area contributed by atoms with Crippen LogP contribution in [0, 0.1) is 0 Å². The van der Waals surface area contributed by atoms with Gasteiger partial charge in [-0.05, 0) is 56.2 Å². The maximum atomic E-state index is 13.0. The molecule has 0 amide bonds. The molecular weight excluding hydrogens is 332 g/mol. The molecule has 0 bridgehead atoms. The van der Waals surface area contributed by atoms with Crippen molar-refractivity contribution in [3.8, 4) is 11.1 Å². The van der Waals surface area contributed by atoms with Crippen LogP contribution in [-0.2, 0) is 17.6 Å². The Hall–Kier alpha value is -2.27. The minimum Gasteiger partial charge on any atom is -0.298 e. The van der Waals surface area contributed by atoms with E-state index in [1.807, 2.05) is 5.38 Å². The van der Waals surface area contributed by atoms with Crippen molar-refractivity contribution in [2.75, 3.05) is 0 Å². The predicted molar refractivity (Wildman–Crippen MR) is 101 cm³/mol. The number of benzene rings is 1. The van der Waals surface area contributed by atoms with E-state index in [-0.39, 0.29) is 11.3 Å². The first-order valence-electron chi connectivity index (χ1n) is 8.67. The van der Waals surface area contributed by atoms with E-state index in [1.54, 1.807) is 6.92 Å². The number of carbonyl (C=O) groups excluding carboxylic acids is 1. The van der Waals surface area contributed by atoms with E-state index in [0.29, 0.717) is 5.39 Å². The van der Waals surface area contributed by atoms with Crippen LogP contribution in [0.5, 0.6) is 0 Å². The second-order valence-electron chi connectivity index (χ2n) is 6.76. The van der Waals surface area contributed by atoms with Crippen molar-refractivity contribution < 1.29 is 4.79 Å². The minimum atomic E-state index is -0.499. The molecule has 3 aromatic rings. The molecule has 0 radical (unpaired) electrons. The third kappa shape index (κ3) is 2.72. The molecule has 1 atom stereocenters. The normalized spacial score (nSPS) is 15.1. The van der Waals surface area contributed by atoms with Gasteiger partial charge in [-0.25, -0.2) is 4.98 Å². The largest absolute Gasteiger partial charge is 0.298 e. The number of Topliss-reactive ketones (excluding diaryl/α,β-unsaturated/α-hetero) is 1. The number of ketones is 1. The fraction of sp³-hybridized carbons (Fsp3) is 0.350. The van der Waals surface area contributed by atoms with Crippen LogP contribution in [-0.4, -0.2) is 15.3 Å². The summed E-state index contributed by atoms with van der Waals surface area (Å²) in [6.07, 6.45) is 6.22. The summed E-state index contributed by atoms with van der Waals surface area (Å²) in [7, 11) is 0. The van der Waals surface area contributed by atoms with Crippen LogP contribution in [0.1, 0.15) is 43.9 Å². The summed E-state index contributed by atoms with van der Waals surface area (Å²) < 4.78 is 1.44. The molecule has 2 aromatic heterocycles. The van der Waals surface area contributed by atoms with Crippen LogP contribution in [0.15, 0.2) is 34.7 Å². The van der Waals surface area contributed by atoms with Gasteiger partial charge < -0.3 is 0 Å². The van der Waals surface area contributed by atoms with E-state index >= 15 is 0 Å². The summed E-state index contributed by atoms with van der Waals surface area (Å²) in [6, 6.07) is 6.03.